The fourth-order valence-electron chi connectivity index (χ4n) is 1.39. The Morgan fingerprint density at radius 3 is 1.55 bits per heavy atom. The van der Waals surface area contributed by atoms with Gasteiger partial charge in [0.15, 0.2) is 0 Å². The van der Waals surface area contributed by atoms with E-state index in [1.165, 1.54) is 0 Å². The Hall–Kier alpha value is -1.68. The number of ether oxygens (including phenoxy) is 3. The lowest BCUT2D eigenvalue weighted by molar-refractivity contribution is -0.170. The summed E-state index contributed by atoms with van der Waals surface area (Å²) < 4.78 is 40.3. The van der Waals surface area contributed by atoms with E-state index in [0.717, 1.165) is 21.3 Å². The Bertz CT molecular complexity index is 461. The first kappa shape index (κ1) is 18.3. The zero-order chi connectivity index (χ0) is 16.0. The van der Waals surface area contributed by atoms with Crippen molar-refractivity contribution in [2.75, 3.05) is 27.6 Å². The van der Waals surface area contributed by atoms with Crippen molar-refractivity contribution < 1.29 is 41.2 Å². The highest BCUT2D eigenvalue weighted by molar-refractivity contribution is 7.86. The molecule has 0 spiro atoms. The van der Waals surface area contributed by atoms with Crippen LogP contribution in [0.2, 0.25) is 0 Å². The quantitative estimate of drug-likeness (QED) is 0.331. The maximum Gasteiger partial charge on any atom is 0.340 e. The maximum atomic E-state index is 11.8. The smallest absolute Gasteiger partial charge is 0.340 e. The first-order valence-electron chi connectivity index (χ1n) is 5.23. The highest BCUT2D eigenvalue weighted by Crippen LogP contribution is 2.26. The summed E-state index contributed by atoms with van der Waals surface area (Å²) in [6, 6.07) is 0. The molecule has 0 saturated heterocycles. The first-order chi connectivity index (χ1) is 9.10. The molecule has 0 aliphatic rings. The molecule has 0 bridgehead atoms. The number of esters is 3. The van der Waals surface area contributed by atoms with Crippen molar-refractivity contribution in [3.63, 3.8) is 0 Å². The molecule has 0 aromatic heterocycles. The summed E-state index contributed by atoms with van der Waals surface area (Å²) >= 11 is 0. The summed E-state index contributed by atoms with van der Waals surface area (Å²) in [7, 11) is -1.14. The lowest BCUT2D eigenvalue weighted by Gasteiger charge is -2.27. The van der Waals surface area contributed by atoms with Gasteiger partial charge in [0, 0.05) is 0 Å². The number of carbonyl (C=O) groups is 3. The summed E-state index contributed by atoms with van der Waals surface area (Å²) in [5.41, 5.74) is -2.36. The van der Waals surface area contributed by atoms with Crippen molar-refractivity contribution >= 4 is 28.0 Å². The van der Waals surface area contributed by atoms with Crippen LogP contribution in [0.4, 0.5) is 0 Å². The Morgan fingerprint density at radius 2 is 1.30 bits per heavy atom. The van der Waals surface area contributed by atoms with Gasteiger partial charge in [0.1, 0.15) is 0 Å². The molecule has 0 aliphatic heterocycles. The average Bonchev–Trinajstić information content (AvgIpc) is 2.34. The van der Waals surface area contributed by atoms with Crippen LogP contribution in [0.3, 0.4) is 0 Å². The lowest BCUT2D eigenvalue weighted by atomic mass is 9.95. The van der Waals surface area contributed by atoms with Gasteiger partial charge in [-0.3, -0.25) is 13.8 Å². The van der Waals surface area contributed by atoms with Crippen LogP contribution in [0.1, 0.15) is 12.8 Å². The molecule has 0 radical (unpaired) electrons. The first-order valence-corrected chi connectivity index (χ1v) is 7.04. The fraction of sp³-hybridized carbons (Fsp3) is 0.700. The predicted octanol–water partition coefficient (Wildman–Crippen LogP) is -0.999. The Kier molecular flexibility index (Phi) is 6.59. The minimum absolute atomic E-state index is 0.666. The van der Waals surface area contributed by atoms with Gasteiger partial charge < -0.3 is 14.2 Å². The third-order valence-corrected chi connectivity index (χ3v) is 2.81. The van der Waals surface area contributed by atoms with Crippen molar-refractivity contribution in [1.29, 1.82) is 0 Å². The molecule has 0 aliphatic carbocycles. The number of hydrogen-bond donors (Lipinski definition) is 0. The Balaban J connectivity index is 5.67. The van der Waals surface area contributed by atoms with Crippen molar-refractivity contribution in [3.8, 4) is 0 Å². The minimum atomic E-state index is -4.16. The standard InChI is InChI=1S/C10H16O9S/c1-16-7(11)5-10(9(13)18-3,6-8(12)17-2)19-20(4,14)15/h5-6H2,1-4H3. The highest BCUT2D eigenvalue weighted by atomic mass is 32.2. The van der Waals surface area contributed by atoms with E-state index in [9.17, 15) is 22.8 Å². The molecule has 0 atom stereocenters. The molecule has 20 heavy (non-hydrogen) atoms. The third kappa shape index (κ3) is 5.53. The zero-order valence-corrected chi connectivity index (χ0v) is 12.3. The van der Waals surface area contributed by atoms with Gasteiger partial charge in [-0.25, -0.2) is 4.79 Å². The van der Waals surface area contributed by atoms with Crippen LogP contribution in [-0.4, -0.2) is 59.5 Å². The van der Waals surface area contributed by atoms with Crippen molar-refractivity contribution in [1.82, 2.24) is 0 Å². The lowest BCUT2D eigenvalue weighted by Crippen LogP contribution is -2.48. The van der Waals surface area contributed by atoms with Gasteiger partial charge in [-0.05, 0) is 0 Å². The monoisotopic (exact) mass is 312 g/mol. The third-order valence-electron chi connectivity index (χ3n) is 2.18. The number of carbonyl (C=O) groups excluding carboxylic acids is 3. The van der Waals surface area contributed by atoms with Crippen molar-refractivity contribution in [3.05, 3.63) is 0 Å². The molecule has 0 N–H and O–H groups in total. The molecule has 116 valence electrons. The number of methoxy groups -OCH3 is 3. The van der Waals surface area contributed by atoms with E-state index in [2.05, 4.69) is 18.4 Å². The molecular formula is C10H16O9S. The van der Waals surface area contributed by atoms with Crippen molar-refractivity contribution in [2.45, 2.75) is 18.4 Å². The van der Waals surface area contributed by atoms with Gasteiger partial charge in [0.25, 0.3) is 10.1 Å². The predicted molar refractivity (Wildman–Crippen MR) is 63.9 cm³/mol. The Labute approximate surface area is 116 Å². The van der Waals surface area contributed by atoms with Crippen LogP contribution in [0.15, 0.2) is 0 Å². The molecule has 0 aromatic carbocycles. The Morgan fingerprint density at radius 1 is 0.900 bits per heavy atom. The number of rotatable bonds is 7. The molecule has 0 amide bonds. The average molecular weight is 312 g/mol. The van der Waals surface area contributed by atoms with Crippen molar-refractivity contribution in [2.24, 2.45) is 0 Å². The summed E-state index contributed by atoms with van der Waals surface area (Å²) in [5, 5.41) is 0. The van der Waals surface area contributed by atoms with Gasteiger partial charge in [-0.15, -0.1) is 0 Å². The van der Waals surface area contributed by atoms with E-state index in [1.807, 2.05) is 0 Å². The van der Waals surface area contributed by atoms with E-state index >= 15 is 0 Å². The SMILES string of the molecule is COC(=O)CC(CC(=O)OC)(OS(C)(=O)=O)C(=O)OC. The fourth-order valence-corrected chi connectivity index (χ4v) is 2.15. The molecular weight excluding hydrogens is 296 g/mol. The van der Waals surface area contributed by atoms with Crippen LogP contribution < -0.4 is 0 Å². The van der Waals surface area contributed by atoms with Gasteiger partial charge in [0.2, 0.25) is 5.60 Å². The van der Waals surface area contributed by atoms with Gasteiger partial charge in [-0.1, -0.05) is 0 Å². The van der Waals surface area contributed by atoms with Crippen LogP contribution >= 0.6 is 0 Å². The van der Waals surface area contributed by atoms with E-state index in [4.69, 9.17) is 0 Å². The van der Waals surface area contributed by atoms with E-state index in [1.54, 1.807) is 0 Å². The number of hydrogen-bond acceptors (Lipinski definition) is 9. The summed E-state index contributed by atoms with van der Waals surface area (Å²) in [5.74, 6) is -3.12. The molecule has 9 nitrogen and oxygen atoms in total. The summed E-state index contributed by atoms with van der Waals surface area (Å²) in [6.45, 7) is 0. The normalized spacial score (nSPS) is 11.6. The molecule has 0 aromatic rings. The van der Waals surface area contributed by atoms with Crippen LogP contribution in [0.5, 0.6) is 0 Å². The minimum Gasteiger partial charge on any atom is -0.469 e. The summed E-state index contributed by atoms with van der Waals surface area (Å²) in [4.78, 5) is 34.5. The highest BCUT2D eigenvalue weighted by Gasteiger charge is 2.49. The molecule has 0 fully saturated rings. The van der Waals surface area contributed by atoms with E-state index < -0.39 is 46.5 Å². The second-order valence-corrected chi connectivity index (χ2v) is 5.35. The molecule has 0 heterocycles. The van der Waals surface area contributed by atoms with Crippen LogP contribution in [0.25, 0.3) is 0 Å². The molecule has 0 unspecified atom stereocenters. The molecule has 10 heteroatoms. The topological polar surface area (TPSA) is 122 Å². The molecule has 0 rings (SSSR count). The molecule has 0 saturated carbocycles. The maximum absolute atomic E-state index is 11.8. The largest absolute Gasteiger partial charge is 0.469 e. The second-order valence-electron chi connectivity index (χ2n) is 3.78. The van der Waals surface area contributed by atoms with Crippen LogP contribution in [0, 0.1) is 0 Å². The van der Waals surface area contributed by atoms with Gasteiger partial charge >= 0.3 is 17.9 Å². The zero-order valence-electron chi connectivity index (χ0n) is 11.5. The second kappa shape index (κ2) is 7.20. The van der Waals surface area contributed by atoms with Gasteiger partial charge in [-0.2, -0.15) is 8.42 Å². The van der Waals surface area contributed by atoms with Crippen LogP contribution in [-0.2, 0) is 42.9 Å². The van der Waals surface area contributed by atoms with E-state index in [-0.39, 0.29) is 0 Å². The van der Waals surface area contributed by atoms with E-state index in [0.29, 0.717) is 6.26 Å². The summed E-state index contributed by atoms with van der Waals surface area (Å²) in [6.07, 6.45) is -0.976. The van der Waals surface area contributed by atoms with Gasteiger partial charge in [0.05, 0.1) is 40.4 Å².